The first kappa shape index (κ1) is 11.8. The molecule has 1 aromatic rings. The highest BCUT2D eigenvalue weighted by Gasteiger charge is 2.14. The molecular weight excluding hydrogens is 188 g/mol. The topological polar surface area (TPSA) is 37.3 Å². The third-order valence-corrected chi connectivity index (χ3v) is 2.60. The summed E-state index contributed by atoms with van der Waals surface area (Å²) >= 11 is 0. The predicted octanol–water partition coefficient (Wildman–Crippen LogP) is 3.44. The van der Waals surface area contributed by atoms with Crippen LogP contribution in [-0.2, 0) is 4.79 Å². The lowest BCUT2D eigenvalue weighted by molar-refractivity contribution is -0.137. The number of hydrogen-bond donors (Lipinski definition) is 1. The van der Waals surface area contributed by atoms with Crippen molar-refractivity contribution in [3.63, 3.8) is 0 Å². The molecule has 1 atom stereocenters. The molecule has 0 unspecified atom stereocenters. The Balaban J connectivity index is 2.67. The number of aliphatic carboxylic acids is 1. The van der Waals surface area contributed by atoms with Gasteiger partial charge in [-0.3, -0.25) is 4.79 Å². The molecule has 0 amide bonds. The summed E-state index contributed by atoms with van der Waals surface area (Å²) in [6.07, 6.45) is 3.41. The summed E-state index contributed by atoms with van der Waals surface area (Å²) in [4.78, 5) is 10.7. The molecule has 0 aliphatic carbocycles. The van der Waals surface area contributed by atoms with Gasteiger partial charge in [-0.05, 0) is 17.9 Å². The van der Waals surface area contributed by atoms with Gasteiger partial charge in [0, 0.05) is 0 Å². The van der Waals surface area contributed by atoms with E-state index in [9.17, 15) is 4.79 Å². The summed E-state index contributed by atoms with van der Waals surface area (Å²) in [6, 6.07) is 9.93. The van der Waals surface area contributed by atoms with Gasteiger partial charge in [0.2, 0.25) is 0 Å². The Morgan fingerprint density at radius 2 is 2.00 bits per heavy atom. The van der Waals surface area contributed by atoms with Crippen molar-refractivity contribution in [3.8, 4) is 0 Å². The van der Waals surface area contributed by atoms with E-state index in [0.29, 0.717) is 0 Å². The molecule has 0 aliphatic heterocycles. The molecule has 1 aromatic carbocycles. The number of unbranched alkanes of at least 4 members (excludes halogenated alkanes) is 1. The minimum atomic E-state index is -0.708. The molecule has 0 heterocycles. The van der Waals surface area contributed by atoms with Crippen LogP contribution < -0.4 is 0 Å². The SMILES string of the molecule is CCCC[C@H](CC(=O)O)c1ccccc1. The number of benzene rings is 1. The van der Waals surface area contributed by atoms with Crippen molar-refractivity contribution in [2.45, 2.75) is 38.5 Å². The molecule has 0 spiro atoms. The van der Waals surface area contributed by atoms with Gasteiger partial charge in [-0.15, -0.1) is 0 Å². The molecular formula is C13H18O2. The fraction of sp³-hybridized carbons (Fsp3) is 0.462. The van der Waals surface area contributed by atoms with E-state index < -0.39 is 5.97 Å². The van der Waals surface area contributed by atoms with Crippen LogP contribution in [0.3, 0.4) is 0 Å². The molecule has 2 nitrogen and oxygen atoms in total. The van der Waals surface area contributed by atoms with Gasteiger partial charge in [-0.1, -0.05) is 50.1 Å². The molecule has 82 valence electrons. The third-order valence-electron chi connectivity index (χ3n) is 2.60. The van der Waals surface area contributed by atoms with Gasteiger partial charge in [0.05, 0.1) is 6.42 Å². The minimum Gasteiger partial charge on any atom is -0.481 e. The van der Waals surface area contributed by atoms with Crippen LogP contribution in [0.4, 0.5) is 0 Å². The lowest BCUT2D eigenvalue weighted by Crippen LogP contribution is -2.06. The predicted molar refractivity (Wildman–Crippen MR) is 61.0 cm³/mol. The Labute approximate surface area is 90.9 Å². The van der Waals surface area contributed by atoms with Gasteiger partial charge in [0.1, 0.15) is 0 Å². The first-order valence-corrected chi connectivity index (χ1v) is 5.50. The zero-order valence-corrected chi connectivity index (χ0v) is 9.15. The number of hydrogen-bond acceptors (Lipinski definition) is 1. The van der Waals surface area contributed by atoms with Gasteiger partial charge in [0.15, 0.2) is 0 Å². The molecule has 0 bridgehead atoms. The van der Waals surface area contributed by atoms with E-state index in [1.165, 1.54) is 0 Å². The van der Waals surface area contributed by atoms with E-state index in [4.69, 9.17) is 5.11 Å². The van der Waals surface area contributed by atoms with Gasteiger partial charge in [0.25, 0.3) is 0 Å². The van der Waals surface area contributed by atoms with Crippen LogP contribution in [0, 0.1) is 0 Å². The average Bonchev–Trinajstić information content (AvgIpc) is 2.25. The smallest absolute Gasteiger partial charge is 0.303 e. The van der Waals surface area contributed by atoms with E-state index in [-0.39, 0.29) is 12.3 Å². The number of rotatable bonds is 6. The van der Waals surface area contributed by atoms with Gasteiger partial charge in [-0.2, -0.15) is 0 Å². The fourth-order valence-corrected chi connectivity index (χ4v) is 1.77. The summed E-state index contributed by atoms with van der Waals surface area (Å²) in [5.74, 6) is -0.538. The quantitative estimate of drug-likeness (QED) is 0.774. The van der Waals surface area contributed by atoms with Gasteiger partial charge >= 0.3 is 5.97 Å². The molecule has 0 saturated carbocycles. The second kappa shape index (κ2) is 6.23. The maximum atomic E-state index is 10.7. The summed E-state index contributed by atoms with van der Waals surface area (Å²) in [5, 5.41) is 8.84. The van der Waals surface area contributed by atoms with Crippen molar-refractivity contribution in [1.29, 1.82) is 0 Å². The maximum absolute atomic E-state index is 10.7. The highest BCUT2D eigenvalue weighted by Crippen LogP contribution is 2.25. The largest absolute Gasteiger partial charge is 0.481 e. The van der Waals surface area contributed by atoms with E-state index in [1.807, 2.05) is 30.3 Å². The van der Waals surface area contributed by atoms with Crippen molar-refractivity contribution in [3.05, 3.63) is 35.9 Å². The van der Waals surface area contributed by atoms with Crippen LogP contribution in [-0.4, -0.2) is 11.1 Å². The number of carbonyl (C=O) groups is 1. The standard InChI is InChI=1S/C13H18O2/c1-2-3-7-12(10-13(14)15)11-8-5-4-6-9-11/h4-6,8-9,12H,2-3,7,10H2,1H3,(H,14,15)/t12-/m1/s1. The lowest BCUT2D eigenvalue weighted by atomic mass is 9.91. The van der Waals surface area contributed by atoms with Crippen LogP contribution in [0.2, 0.25) is 0 Å². The molecule has 0 saturated heterocycles. The summed E-state index contributed by atoms with van der Waals surface area (Å²) < 4.78 is 0. The zero-order chi connectivity index (χ0) is 11.1. The Kier molecular flexibility index (Phi) is 4.88. The highest BCUT2D eigenvalue weighted by molar-refractivity contribution is 5.68. The van der Waals surface area contributed by atoms with Gasteiger partial charge in [-0.25, -0.2) is 0 Å². The molecule has 15 heavy (non-hydrogen) atoms. The van der Waals surface area contributed by atoms with Crippen molar-refractivity contribution in [2.75, 3.05) is 0 Å². The first-order valence-electron chi connectivity index (χ1n) is 5.50. The molecule has 0 aromatic heterocycles. The summed E-state index contributed by atoms with van der Waals surface area (Å²) in [7, 11) is 0. The van der Waals surface area contributed by atoms with Crippen molar-refractivity contribution in [1.82, 2.24) is 0 Å². The summed E-state index contributed by atoms with van der Waals surface area (Å²) in [6.45, 7) is 2.13. The summed E-state index contributed by atoms with van der Waals surface area (Å²) in [5.41, 5.74) is 1.15. The Hall–Kier alpha value is -1.31. The highest BCUT2D eigenvalue weighted by atomic mass is 16.4. The molecule has 2 heteroatoms. The van der Waals surface area contributed by atoms with E-state index in [0.717, 1.165) is 24.8 Å². The van der Waals surface area contributed by atoms with Crippen LogP contribution in [0.1, 0.15) is 44.1 Å². The number of carboxylic acid groups (broad SMARTS) is 1. The van der Waals surface area contributed by atoms with Crippen LogP contribution in [0.25, 0.3) is 0 Å². The van der Waals surface area contributed by atoms with Crippen LogP contribution in [0.15, 0.2) is 30.3 Å². The van der Waals surface area contributed by atoms with Crippen molar-refractivity contribution in [2.24, 2.45) is 0 Å². The molecule has 0 aliphatic rings. The van der Waals surface area contributed by atoms with E-state index >= 15 is 0 Å². The lowest BCUT2D eigenvalue weighted by Gasteiger charge is -2.14. The monoisotopic (exact) mass is 206 g/mol. The molecule has 1 N–H and O–H groups in total. The van der Waals surface area contributed by atoms with E-state index in [1.54, 1.807) is 0 Å². The fourth-order valence-electron chi connectivity index (χ4n) is 1.77. The van der Waals surface area contributed by atoms with Crippen molar-refractivity contribution >= 4 is 5.97 Å². The zero-order valence-electron chi connectivity index (χ0n) is 9.15. The maximum Gasteiger partial charge on any atom is 0.303 e. The second-order valence-corrected chi connectivity index (χ2v) is 3.85. The minimum absolute atomic E-state index is 0.170. The molecule has 0 radical (unpaired) electrons. The Morgan fingerprint density at radius 1 is 1.33 bits per heavy atom. The Bertz CT molecular complexity index is 293. The molecule has 0 fully saturated rings. The normalized spacial score (nSPS) is 12.3. The first-order chi connectivity index (χ1) is 7.24. The second-order valence-electron chi connectivity index (χ2n) is 3.85. The number of carboxylic acids is 1. The third kappa shape index (κ3) is 4.15. The molecule has 1 rings (SSSR count). The van der Waals surface area contributed by atoms with Crippen molar-refractivity contribution < 1.29 is 9.90 Å². The average molecular weight is 206 g/mol. The van der Waals surface area contributed by atoms with Gasteiger partial charge < -0.3 is 5.11 Å². The van der Waals surface area contributed by atoms with Crippen LogP contribution >= 0.6 is 0 Å². The Morgan fingerprint density at radius 3 is 2.53 bits per heavy atom. The van der Waals surface area contributed by atoms with E-state index in [2.05, 4.69) is 6.92 Å². The van der Waals surface area contributed by atoms with Crippen LogP contribution in [0.5, 0.6) is 0 Å².